The van der Waals surface area contributed by atoms with Gasteiger partial charge in [-0.2, -0.15) is 5.48 Å². The number of rotatable bonds is 7. The highest BCUT2D eigenvalue weighted by atomic mass is 32.1. The number of aryl methyl sites for hydroxylation is 1. The van der Waals surface area contributed by atoms with Crippen LogP contribution in [-0.2, 0) is 14.4 Å². The van der Waals surface area contributed by atoms with Gasteiger partial charge in [0, 0.05) is 19.9 Å². The molecule has 0 radical (unpaired) electrons. The van der Waals surface area contributed by atoms with Crippen molar-refractivity contribution in [2.75, 3.05) is 6.54 Å². The van der Waals surface area contributed by atoms with E-state index in [1.165, 1.54) is 23.2 Å². The largest absolute Gasteiger partial charge is 0.391 e. The number of nitrogens with one attached hydrogen (secondary N) is 2. The Labute approximate surface area is 190 Å². The maximum absolute atomic E-state index is 12.9. The lowest BCUT2D eigenvalue weighted by molar-refractivity contribution is -0.143. The molecule has 0 saturated carbocycles. The number of amides is 3. The molecule has 32 heavy (non-hydrogen) atoms. The third-order valence-corrected chi connectivity index (χ3v) is 6.06. The lowest BCUT2D eigenvalue weighted by atomic mass is 10.1. The summed E-state index contributed by atoms with van der Waals surface area (Å²) in [5.41, 5.74) is 6.49. The van der Waals surface area contributed by atoms with E-state index in [0.717, 1.165) is 16.1 Å². The molecule has 1 fully saturated rings. The number of hydroxylamine groups is 1. The summed E-state index contributed by atoms with van der Waals surface area (Å²) in [6.45, 7) is 8.56. The Bertz CT molecular complexity index is 1020. The van der Waals surface area contributed by atoms with Crippen molar-refractivity contribution >= 4 is 29.1 Å². The monoisotopic (exact) mass is 458 g/mol. The van der Waals surface area contributed by atoms with Crippen LogP contribution >= 0.6 is 11.3 Å². The number of hydrogen-bond donors (Lipinski definition) is 3. The third kappa shape index (κ3) is 5.32. The van der Waals surface area contributed by atoms with Gasteiger partial charge >= 0.3 is 0 Å². The third-order valence-electron chi connectivity index (χ3n) is 5.08. The lowest BCUT2D eigenvalue weighted by Gasteiger charge is -2.28. The number of aliphatic hydroxyl groups is 1. The molecule has 170 valence electrons. The van der Waals surface area contributed by atoms with Crippen molar-refractivity contribution in [2.45, 2.75) is 45.4 Å². The van der Waals surface area contributed by atoms with Crippen LogP contribution < -0.4 is 15.6 Å². The first-order valence-corrected chi connectivity index (χ1v) is 10.9. The average Bonchev–Trinajstić information content (AvgIpc) is 3.35. The Morgan fingerprint density at radius 3 is 2.53 bits per heavy atom. The molecule has 10 heteroatoms. The van der Waals surface area contributed by atoms with E-state index in [0.29, 0.717) is 11.3 Å². The Hall–Kier alpha value is -3.24. The highest BCUT2D eigenvalue weighted by molar-refractivity contribution is 7.13. The molecule has 0 spiro atoms. The van der Waals surface area contributed by atoms with Gasteiger partial charge < -0.3 is 20.2 Å². The second-order valence-electron chi connectivity index (χ2n) is 7.74. The Morgan fingerprint density at radius 1 is 1.28 bits per heavy atom. The van der Waals surface area contributed by atoms with E-state index in [9.17, 15) is 19.5 Å². The van der Waals surface area contributed by atoms with Crippen molar-refractivity contribution < 1.29 is 24.3 Å². The van der Waals surface area contributed by atoms with E-state index in [1.54, 1.807) is 24.6 Å². The summed E-state index contributed by atoms with van der Waals surface area (Å²) in [6.07, 6.45) is -0.798. The van der Waals surface area contributed by atoms with Crippen LogP contribution in [-0.4, -0.2) is 57.4 Å². The summed E-state index contributed by atoms with van der Waals surface area (Å²) in [6, 6.07) is 5.25. The number of β-amino-alcohol motifs (C(OH)–C–C–N with tert-alkyl or cyclic N) is 1. The molecule has 3 N–H and O–H groups in total. The lowest BCUT2D eigenvalue weighted by Crippen LogP contribution is -2.54. The van der Waals surface area contributed by atoms with Crippen LogP contribution in [0.25, 0.3) is 10.4 Å². The molecular formula is C22H26N4O5S. The number of likely N-dealkylation sites (tertiary alicyclic amines) is 1. The van der Waals surface area contributed by atoms with Crippen LogP contribution in [0.2, 0.25) is 0 Å². The number of thiazole rings is 1. The van der Waals surface area contributed by atoms with Crippen molar-refractivity contribution in [3.63, 3.8) is 0 Å². The van der Waals surface area contributed by atoms with Crippen LogP contribution in [0.3, 0.4) is 0 Å². The highest BCUT2D eigenvalue weighted by Crippen LogP contribution is 2.28. The van der Waals surface area contributed by atoms with E-state index in [1.807, 2.05) is 19.1 Å². The van der Waals surface area contributed by atoms with Gasteiger partial charge in [-0.3, -0.25) is 14.4 Å². The second kappa shape index (κ2) is 9.92. The molecule has 9 nitrogen and oxygen atoms in total. The molecular weight excluding hydrogens is 432 g/mol. The van der Waals surface area contributed by atoms with Gasteiger partial charge in [0.15, 0.2) is 5.75 Å². The minimum atomic E-state index is -0.975. The molecule has 1 aliphatic heterocycles. The topological polar surface area (TPSA) is 121 Å². The Balaban J connectivity index is 1.65. The van der Waals surface area contributed by atoms with E-state index < -0.39 is 35.9 Å². The zero-order valence-corrected chi connectivity index (χ0v) is 18.9. The van der Waals surface area contributed by atoms with Crippen molar-refractivity contribution in [3.8, 4) is 16.2 Å². The Kier molecular flexibility index (Phi) is 7.26. The van der Waals surface area contributed by atoms with Gasteiger partial charge in [0.05, 0.1) is 22.2 Å². The van der Waals surface area contributed by atoms with Crippen LogP contribution in [0.4, 0.5) is 0 Å². The maximum Gasteiger partial charge on any atom is 0.275 e. The summed E-state index contributed by atoms with van der Waals surface area (Å²) >= 11 is 1.54. The molecule has 1 saturated heterocycles. The molecule has 0 unspecified atom stereocenters. The fourth-order valence-corrected chi connectivity index (χ4v) is 4.31. The van der Waals surface area contributed by atoms with Gasteiger partial charge in [-0.05, 0) is 49.2 Å². The van der Waals surface area contributed by atoms with E-state index in [-0.39, 0.29) is 13.0 Å². The number of hydrogen-bond acceptors (Lipinski definition) is 7. The SMILES string of the molecule is C=C(C)[C@H](NC(C)=O)C(=O)N1C[C@H](O)C[C@H]1C(=O)NOc1ccc(-c2scnc2C)cc1. The molecule has 1 aromatic carbocycles. The summed E-state index contributed by atoms with van der Waals surface area (Å²) in [5.74, 6) is -1.06. The first-order chi connectivity index (χ1) is 15.2. The van der Waals surface area contributed by atoms with E-state index >= 15 is 0 Å². The molecule has 0 aliphatic carbocycles. The van der Waals surface area contributed by atoms with Gasteiger partial charge in [0.1, 0.15) is 12.1 Å². The standard InChI is InChI=1S/C22H26N4O5S/c1-12(2)19(24-14(4)27)22(30)26-10-16(28)9-18(26)21(29)25-31-17-7-5-15(6-8-17)20-13(3)23-11-32-20/h5-8,11,16,18-19,28H,1,9-10H2,2-4H3,(H,24,27)(H,25,29)/t16-,18+,19+/m1/s1. The molecule has 2 aromatic rings. The molecule has 1 aliphatic rings. The van der Waals surface area contributed by atoms with Crippen molar-refractivity contribution in [2.24, 2.45) is 0 Å². The summed E-state index contributed by atoms with van der Waals surface area (Å²) in [7, 11) is 0. The normalized spacial score (nSPS) is 18.7. The zero-order valence-electron chi connectivity index (χ0n) is 18.1. The number of aromatic nitrogens is 1. The highest BCUT2D eigenvalue weighted by Gasteiger charge is 2.41. The molecule has 2 heterocycles. The minimum Gasteiger partial charge on any atom is -0.391 e. The van der Waals surface area contributed by atoms with E-state index in [4.69, 9.17) is 4.84 Å². The van der Waals surface area contributed by atoms with Crippen LogP contribution in [0.1, 0.15) is 26.0 Å². The molecule has 3 rings (SSSR count). The second-order valence-corrected chi connectivity index (χ2v) is 8.59. The predicted molar refractivity (Wildman–Crippen MR) is 120 cm³/mol. The van der Waals surface area contributed by atoms with Crippen LogP contribution in [0.5, 0.6) is 5.75 Å². The zero-order chi connectivity index (χ0) is 23.4. The van der Waals surface area contributed by atoms with Crippen molar-refractivity contribution in [1.29, 1.82) is 0 Å². The summed E-state index contributed by atoms with van der Waals surface area (Å²) in [4.78, 5) is 49.1. The Morgan fingerprint density at radius 2 is 1.97 bits per heavy atom. The molecule has 3 amide bonds. The van der Waals surface area contributed by atoms with Gasteiger partial charge in [0.2, 0.25) is 11.8 Å². The molecule has 0 bridgehead atoms. The summed E-state index contributed by atoms with van der Waals surface area (Å²) < 4.78 is 0. The van der Waals surface area contributed by atoms with Crippen molar-refractivity contribution in [3.05, 3.63) is 47.6 Å². The van der Waals surface area contributed by atoms with Gasteiger partial charge in [-0.15, -0.1) is 11.3 Å². The number of carbonyl (C=O) groups is 3. The number of nitrogens with zero attached hydrogens (tertiary/aromatic N) is 2. The smallest absolute Gasteiger partial charge is 0.275 e. The number of aliphatic hydroxyl groups excluding tert-OH is 1. The molecule has 3 atom stereocenters. The van der Waals surface area contributed by atoms with Gasteiger partial charge in [-0.25, -0.2) is 4.98 Å². The van der Waals surface area contributed by atoms with E-state index in [2.05, 4.69) is 22.4 Å². The first-order valence-electron chi connectivity index (χ1n) is 10.1. The van der Waals surface area contributed by atoms with Crippen LogP contribution in [0, 0.1) is 6.92 Å². The minimum absolute atomic E-state index is 0.0246. The fraction of sp³-hybridized carbons (Fsp3) is 0.364. The fourth-order valence-electron chi connectivity index (χ4n) is 3.50. The predicted octanol–water partition coefficient (Wildman–Crippen LogP) is 1.57. The van der Waals surface area contributed by atoms with Crippen molar-refractivity contribution in [1.82, 2.24) is 20.7 Å². The van der Waals surface area contributed by atoms with Crippen LogP contribution in [0.15, 0.2) is 41.9 Å². The average molecular weight is 459 g/mol. The van der Waals surface area contributed by atoms with Gasteiger partial charge in [0.25, 0.3) is 5.91 Å². The van der Waals surface area contributed by atoms with Gasteiger partial charge in [-0.1, -0.05) is 6.58 Å². The number of carbonyl (C=O) groups excluding carboxylic acids is 3. The quantitative estimate of drug-likeness (QED) is 0.428. The first kappa shape index (κ1) is 23.4. The molecule has 1 aromatic heterocycles. The number of benzene rings is 1. The maximum atomic E-state index is 12.9. The summed E-state index contributed by atoms with van der Waals surface area (Å²) in [5, 5.41) is 12.6.